The minimum atomic E-state index is -3.74. The summed E-state index contributed by atoms with van der Waals surface area (Å²) >= 11 is 0. The number of unbranched alkanes of at least 4 members (excludes halogenated alkanes) is 30. The van der Waals surface area contributed by atoms with Crippen molar-refractivity contribution in [2.45, 2.75) is 219 Å². The molecule has 0 aromatic heterocycles. The van der Waals surface area contributed by atoms with Crippen molar-refractivity contribution in [1.29, 1.82) is 0 Å². The Morgan fingerprint density at radius 3 is 0.657 bits per heavy atom. The summed E-state index contributed by atoms with van der Waals surface area (Å²) < 4.78 is 85.8. The van der Waals surface area contributed by atoms with Gasteiger partial charge in [-0.3, -0.25) is 0 Å². The van der Waals surface area contributed by atoms with Gasteiger partial charge in [0.1, 0.15) is 13.5 Å². The summed E-state index contributed by atoms with van der Waals surface area (Å²) in [5, 5.41) is 18.1. The maximum Gasteiger partial charge on any atom is 1.00 e. The predicted octanol–water partition coefficient (Wildman–Crippen LogP) is 5.05. The molecule has 0 atom stereocenters. The van der Waals surface area contributed by atoms with Crippen molar-refractivity contribution >= 4 is 40.1 Å². The molecule has 0 unspecified atom stereocenters. The molecule has 2 heterocycles. The largest absolute Gasteiger partial charge is 1.00 e. The molecule has 0 amide bonds. The van der Waals surface area contributed by atoms with E-state index in [2.05, 4.69) is 44.3 Å². The van der Waals surface area contributed by atoms with Gasteiger partial charge < -0.3 is 55.0 Å². The molecule has 0 saturated carbocycles. The Bertz CT molecular complexity index is 1500. The zero-order valence-corrected chi connectivity index (χ0v) is 53.0. The van der Waals surface area contributed by atoms with Gasteiger partial charge in [-0.25, -0.2) is 33.7 Å². The van der Waals surface area contributed by atoms with E-state index in [0.717, 1.165) is 26.4 Å². The summed E-state index contributed by atoms with van der Waals surface area (Å²) in [7, 11) is -15.0. The van der Waals surface area contributed by atoms with E-state index in [1.54, 1.807) is 0 Å². The van der Waals surface area contributed by atoms with E-state index < -0.39 is 40.1 Å². The first kappa shape index (κ1) is 76.9. The predicted molar refractivity (Wildman–Crippen MR) is 284 cm³/mol. The molecule has 2 aliphatic rings. The number of hydrogen-bond donors (Lipinski definition) is 2. The van der Waals surface area contributed by atoms with Crippen LogP contribution in [0.2, 0.25) is 0 Å². The summed E-state index contributed by atoms with van der Waals surface area (Å²) in [4.78, 5) is 8.43. The SMILES string of the molecule is CCCCCCCCCCCCCCCCCCN1C=CN(CO)C1.CCCCCCCCCCCCCCCCCCN1C=CN(CO)C1.CS(=O)(=O)[N-]S(C)(=O)=O.CS(=O)(=O)[N-]S(C)(=O)=O.[Br-].[K+]. The van der Waals surface area contributed by atoms with E-state index in [0.29, 0.717) is 25.0 Å². The number of nitrogens with zero attached hydrogens (tertiary/aromatic N) is 6. The molecule has 0 fully saturated rings. The normalized spacial score (nSPS) is 13.5. The van der Waals surface area contributed by atoms with Crippen LogP contribution in [0.5, 0.6) is 0 Å². The van der Waals surface area contributed by atoms with Crippen LogP contribution in [0.4, 0.5) is 0 Å². The van der Waals surface area contributed by atoms with Crippen LogP contribution < -0.4 is 68.4 Å². The minimum absolute atomic E-state index is 0. The third-order valence-electron chi connectivity index (χ3n) is 11.2. The Balaban J connectivity index is -0.000000453. The van der Waals surface area contributed by atoms with Gasteiger partial charge in [0.2, 0.25) is 0 Å². The Morgan fingerprint density at radius 2 is 0.514 bits per heavy atom. The molecule has 2 rings (SSSR count). The quantitative estimate of drug-likeness (QED) is 0.0606. The number of rotatable bonds is 40. The first-order chi connectivity index (χ1) is 32.1. The summed E-state index contributed by atoms with van der Waals surface area (Å²) in [5.41, 5.74) is 0. The number of sulfonamides is 4. The number of hydrogen-bond acceptors (Lipinski definition) is 14. The van der Waals surface area contributed by atoms with E-state index >= 15 is 0 Å². The number of aliphatic hydroxyl groups is 2. The topological polar surface area (TPSA) is 218 Å². The van der Waals surface area contributed by atoms with Gasteiger partial charge in [-0.05, 0) is 12.8 Å². The first-order valence-corrected chi connectivity index (χ1v) is 33.4. The van der Waals surface area contributed by atoms with Crippen LogP contribution in [0, 0.1) is 0 Å². The van der Waals surface area contributed by atoms with E-state index in [-0.39, 0.29) is 81.8 Å². The van der Waals surface area contributed by atoms with Crippen LogP contribution in [0.15, 0.2) is 24.8 Å². The van der Waals surface area contributed by atoms with Gasteiger partial charge in [-0.15, -0.1) is 0 Å². The number of halogens is 1. The van der Waals surface area contributed by atoms with Gasteiger partial charge >= 0.3 is 51.4 Å². The van der Waals surface area contributed by atoms with Crippen LogP contribution in [0.3, 0.4) is 0 Å². The first-order valence-electron chi connectivity index (χ1n) is 26.0. The second-order valence-corrected chi connectivity index (χ2v) is 25.7. The van der Waals surface area contributed by atoms with E-state index in [1.807, 2.05) is 22.2 Å². The third kappa shape index (κ3) is 62.7. The maximum absolute atomic E-state index is 10.1. The molecule has 16 nitrogen and oxygen atoms in total. The van der Waals surface area contributed by atoms with Crippen LogP contribution >= 0.6 is 0 Å². The van der Waals surface area contributed by atoms with Gasteiger partial charge in [0.05, 0.1) is 53.4 Å². The standard InChI is InChI=1S/2C22H44N2O.2C2H6NO4S2.BrH.K/c2*1-2-3-4-5-6-7-8-9-10-11-12-13-14-15-16-17-18-23-19-20-24(21-23)22-25;2*1-8(4,5)3-9(2,6)7;;/h2*19-20,25H,2-18,21-22H2,1H3;2*1-2H3;1H;/q;;2*-1;;+1/p-1. The van der Waals surface area contributed by atoms with Crippen molar-refractivity contribution in [1.82, 2.24) is 19.6 Å². The molecule has 0 spiro atoms. The van der Waals surface area contributed by atoms with Crippen molar-refractivity contribution in [2.24, 2.45) is 0 Å². The van der Waals surface area contributed by atoms with Crippen molar-refractivity contribution in [3.8, 4) is 0 Å². The van der Waals surface area contributed by atoms with Gasteiger partial charge in [0, 0.05) is 62.9 Å². The van der Waals surface area contributed by atoms with Crippen LogP contribution in [-0.4, -0.2) is 128 Å². The van der Waals surface area contributed by atoms with Crippen molar-refractivity contribution in [3.63, 3.8) is 0 Å². The summed E-state index contributed by atoms with van der Waals surface area (Å²) in [6, 6.07) is 0. The molecular weight excluding hydrogens is 1070 g/mol. The molecule has 416 valence electrons. The fourth-order valence-corrected chi connectivity index (χ4v) is 11.7. The molecule has 70 heavy (non-hydrogen) atoms. The Labute approximate surface area is 484 Å². The van der Waals surface area contributed by atoms with Crippen LogP contribution in [-0.2, 0) is 40.1 Å². The smallest absolute Gasteiger partial charge is 1.00 e. The maximum atomic E-state index is 10.1. The monoisotopic (exact) mass is 1170 g/mol. The van der Waals surface area contributed by atoms with Crippen LogP contribution in [0.25, 0.3) is 8.25 Å². The molecule has 0 radical (unpaired) electrons. The van der Waals surface area contributed by atoms with Gasteiger partial charge in [-0.1, -0.05) is 206 Å². The molecule has 22 heteroatoms. The Morgan fingerprint density at radius 1 is 0.343 bits per heavy atom. The second kappa shape index (κ2) is 50.3. The van der Waals surface area contributed by atoms with Crippen molar-refractivity contribution in [2.75, 3.05) is 64.9 Å². The minimum Gasteiger partial charge on any atom is -1.00 e. The van der Waals surface area contributed by atoms with Crippen molar-refractivity contribution < 1.29 is 112 Å². The van der Waals surface area contributed by atoms with Gasteiger partial charge in [-0.2, -0.15) is 0 Å². The molecule has 2 N–H and O–H groups in total. The number of aliphatic hydroxyl groups excluding tert-OH is 2. The Kier molecular flexibility index (Phi) is 55.2. The Hall–Kier alpha value is 0.436. The molecule has 0 aromatic carbocycles. The summed E-state index contributed by atoms with van der Waals surface area (Å²) in [6.45, 7) is 8.82. The summed E-state index contributed by atoms with van der Waals surface area (Å²) in [6.07, 6.45) is 56.5. The van der Waals surface area contributed by atoms with Gasteiger partial charge in [0.25, 0.3) is 0 Å². The summed E-state index contributed by atoms with van der Waals surface area (Å²) in [5.74, 6) is 0. The van der Waals surface area contributed by atoms with Gasteiger partial charge in [0.15, 0.2) is 0 Å². The fourth-order valence-electron chi connectivity index (χ4n) is 7.72. The fraction of sp³-hybridized carbons (Fsp3) is 0.917. The second-order valence-electron chi connectivity index (χ2n) is 18.7. The van der Waals surface area contributed by atoms with E-state index in [9.17, 15) is 33.7 Å². The molecular formula is C48H100BrKN6O10S4-2. The van der Waals surface area contributed by atoms with Crippen molar-refractivity contribution in [3.05, 3.63) is 33.1 Å². The van der Waals surface area contributed by atoms with E-state index in [1.165, 1.54) is 205 Å². The molecule has 0 aromatic rings. The molecule has 2 aliphatic heterocycles. The average Bonchev–Trinajstić information content (AvgIpc) is 3.91. The molecule has 0 aliphatic carbocycles. The zero-order chi connectivity index (χ0) is 51.4. The molecule has 0 saturated heterocycles. The van der Waals surface area contributed by atoms with E-state index in [4.69, 9.17) is 10.2 Å². The average molecular weight is 1170 g/mol. The van der Waals surface area contributed by atoms with Crippen LogP contribution in [0.1, 0.15) is 219 Å². The molecule has 0 bridgehead atoms. The zero-order valence-electron chi connectivity index (χ0n) is 45.0. The third-order valence-corrected chi connectivity index (χ3v) is 15.5.